The topological polar surface area (TPSA) is 271 Å². The van der Waals surface area contributed by atoms with Crippen molar-refractivity contribution in [2.45, 2.75) is 159 Å². The van der Waals surface area contributed by atoms with Gasteiger partial charge >= 0.3 is 18.0 Å². The van der Waals surface area contributed by atoms with Gasteiger partial charge in [0.05, 0.1) is 44.1 Å². The molecule has 25 heteroatoms. The number of hydrogen-bond donors (Lipinski definition) is 3. The van der Waals surface area contributed by atoms with E-state index in [2.05, 4.69) is 15.8 Å². The first-order valence-corrected chi connectivity index (χ1v) is 29.8. The minimum Gasteiger partial charge on any atom is -0.495 e. The van der Waals surface area contributed by atoms with E-state index in [1.54, 1.807) is 51.2 Å². The summed E-state index contributed by atoms with van der Waals surface area (Å²) in [6.07, 6.45) is 2.28. The fourth-order valence-electron chi connectivity index (χ4n) is 10.2. The summed E-state index contributed by atoms with van der Waals surface area (Å²) in [6.45, 7) is 11.0. The molecule has 3 saturated heterocycles. The quantitative estimate of drug-likeness (QED) is 0.0330. The van der Waals surface area contributed by atoms with E-state index in [4.69, 9.17) is 44.9 Å². The second-order valence-corrected chi connectivity index (χ2v) is 25.4. The molecule has 0 saturated carbocycles. The van der Waals surface area contributed by atoms with Crippen molar-refractivity contribution in [2.75, 3.05) is 45.6 Å². The summed E-state index contributed by atoms with van der Waals surface area (Å²) in [5.74, 6) is -2.95. The van der Waals surface area contributed by atoms with Crippen molar-refractivity contribution in [3.63, 3.8) is 0 Å². The lowest BCUT2D eigenvalue weighted by Gasteiger charge is -2.42. The van der Waals surface area contributed by atoms with Crippen LogP contribution in [0.3, 0.4) is 0 Å². The van der Waals surface area contributed by atoms with Gasteiger partial charge in [-0.05, 0) is 102 Å². The number of carbonyl (C=O) groups is 8. The number of hydroxylamine groups is 2. The molecule has 2 aromatic rings. The SMILES string of the molecule is COc1cc2cc(c1Cl)N(C)C(=O)C[C@H](OC(=O)[C@H](C)N(C)C(=O)CCSSC(C)(C)CC(=O)N/N=C1\CCc3cc(OCCCC(=O)ON4C(=O)CCC4=O)ccc31)C1(C)O[C@H]1[C@H](C)[C@@H]1C[C@@](O)(NC(=O)O1)[C@H](OC)/C=C/C=C(\C)C2. The summed E-state index contributed by atoms with van der Waals surface area (Å²) in [7, 11) is 8.80. The van der Waals surface area contributed by atoms with Gasteiger partial charge in [0, 0.05) is 75.3 Å². The van der Waals surface area contributed by atoms with Gasteiger partial charge in [0.15, 0.2) is 5.72 Å². The molecule has 3 N–H and O–H groups in total. The highest BCUT2D eigenvalue weighted by Gasteiger charge is 2.64. The number of benzene rings is 2. The maximum absolute atomic E-state index is 14.4. The van der Waals surface area contributed by atoms with E-state index in [0.717, 1.165) is 28.0 Å². The number of imide groups is 1. The largest absolute Gasteiger partial charge is 0.495 e. The molecular weight excluding hydrogens is 1120 g/mol. The lowest BCUT2D eigenvalue weighted by molar-refractivity contribution is -0.197. The van der Waals surface area contributed by atoms with Crippen LogP contribution in [0.4, 0.5) is 10.5 Å². The molecule has 446 valence electrons. The fraction of sp³-hybridized carbons (Fsp3) is 0.561. The van der Waals surface area contributed by atoms with Crippen molar-refractivity contribution in [3.8, 4) is 11.5 Å². The molecule has 5 aliphatic rings. The van der Waals surface area contributed by atoms with Crippen LogP contribution in [0.2, 0.25) is 5.02 Å². The number of halogens is 1. The third-order valence-electron chi connectivity index (χ3n) is 15.1. The molecular formula is C57H73ClN6O16S2. The second kappa shape index (κ2) is 27.0. The summed E-state index contributed by atoms with van der Waals surface area (Å²) in [6, 6.07) is 8.00. The number of ether oxygens (including phenoxy) is 6. The highest BCUT2D eigenvalue weighted by molar-refractivity contribution is 8.77. The molecule has 1 unspecified atom stereocenters. The molecule has 0 spiro atoms. The molecule has 3 fully saturated rings. The van der Waals surface area contributed by atoms with Gasteiger partial charge < -0.3 is 48.2 Å². The standard InChI is InChI=1S/C57H73ClN6O16S2/c1-32-13-11-14-43(75-10)57(73)30-42(77-54(72)59-57)33(2)52-56(6,79-52)44(29-49(69)63(8)40-26-35(25-32)27-41(74-9)51(40)58)78-53(71)34(3)62(7)46(66)22-24-81-82-55(4,5)31-45(65)61-60-39-19-16-36-28-37(17-18-38(36)39)76-23-12-15-50(70)80-64-47(67)20-21-48(64)68/h11,13-14,17-18,26-28,33-34,42-44,52,73H,12,15-16,19-25,29-31H2,1-10H3,(H,59,72)(H,61,65)/b14-11+,32-13+,60-39+/t33-,34+,42+,43-,44+,52+,56?,57+/m1/s1. The number of alkyl carbamates (subject to hydrolysis) is 1. The number of methoxy groups -OCH3 is 2. The van der Waals surface area contributed by atoms with E-state index < -0.39 is 88.2 Å². The number of hydrazone groups is 1. The van der Waals surface area contributed by atoms with Gasteiger partial charge in [0.2, 0.25) is 17.7 Å². The van der Waals surface area contributed by atoms with Gasteiger partial charge in [-0.2, -0.15) is 5.10 Å². The number of rotatable bonds is 19. The number of amides is 6. The summed E-state index contributed by atoms with van der Waals surface area (Å²) >= 11 is 6.84. The Morgan fingerprint density at radius 3 is 2.49 bits per heavy atom. The maximum Gasteiger partial charge on any atom is 0.409 e. The molecule has 4 bridgehead atoms. The highest BCUT2D eigenvalue weighted by Crippen LogP contribution is 2.49. The van der Waals surface area contributed by atoms with E-state index in [0.29, 0.717) is 53.7 Å². The highest BCUT2D eigenvalue weighted by atomic mass is 35.5. The third kappa shape index (κ3) is 15.5. The molecule has 6 amide bonds. The van der Waals surface area contributed by atoms with Gasteiger partial charge in [-0.25, -0.2) is 19.8 Å². The van der Waals surface area contributed by atoms with E-state index in [1.807, 2.05) is 39.0 Å². The lowest BCUT2D eigenvalue weighted by atomic mass is 9.83. The molecule has 0 radical (unpaired) electrons. The average Bonchev–Trinajstić information content (AvgIpc) is 2.09. The van der Waals surface area contributed by atoms with Crippen molar-refractivity contribution in [3.05, 3.63) is 75.8 Å². The first kappa shape index (κ1) is 63.4. The summed E-state index contributed by atoms with van der Waals surface area (Å²) in [5, 5.41) is 19.5. The van der Waals surface area contributed by atoms with Crippen molar-refractivity contribution in [1.29, 1.82) is 0 Å². The smallest absolute Gasteiger partial charge is 0.409 e. The summed E-state index contributed by atoms with van der Waals surface area (Å²) in [4.78, 5) is 111. The Bertz CT molecular complexity index is 2890. The van der Waals surface area contributed by atoms with Gasteiger partial charge in [0.1, 0.15) is 46.5 Å². The van der Waals surface area contributed by atoms with Crippen LogP contribution in [0, 0.1) is 5.92 Å². The number of nitrogens with one attached hydrogen (secondary N) is 2. The van der Waals surface area contributed by atoms with Gasteiger partial charge in [0.25, 0.3) is 11.8 Å². The number of likely N-dealkylation sites (N-methyl/N-ethyl adjacent to an activating group) is 1. The normalized spacial score (nSPS) is 26.6. The van der Waals surface area contributed by atoms with Gasteiger partial charge in [-0.3, -0.25) is 29.3 Å². The number of allylic oxidation sites excluding steroid dienone is 3. The number of esters is 1. The summed E-state index contributed by atoms with van der Waals surface area (Å²) in [5.41, 5.74) is 4.16. The van der Waals surface area contributed by atoms with Gasteiger partial charge in [-0.15, -0.1) is 5.06 Å². The molecule has 1 aliphatic carbocycles. The molecule has 0 aromatic heterocycles. The number of epoxide rings is 1. The predicted octanol–water partition coefficient (Wildman–Crippen LogP) is 6.69. The van der Waals surface area contributed by atoms with Crippen LogP contribution in [0.15, 0.2) is 59.2 Å². The van der Waals surface area contributed by atoms with Gasteiger partial charge in [-0.1, -0.05) is 63.9 Å². The number of aryl methyl sites for hydroxylation is 1. The Balaban J connectivity index is 0.918. The predicted molar refractivity (Wildman–Crippen MR) is 306 cm³/mol. The maximum atomic E-state index is 14.4. The average molecular weight is 1200 g/mol. The summed E-state index contributed by atoms with van der Waals surface area (Å²) < 4.78 is 34.8. The first-order valence-electron chi connectivity index (χ1n) is 27.1. The zero-order valence-electron chi connectivity index (χ0n) is 47.8. The molecule has 8 atom stereocenters. The Hall–Kier alpha value is -6.18. The molecule has 22 nitrogen and oxygen atoms in total. The van der Waals surface area contributed by atoms with E-state index >= 15 is 0 Å². The Labute approximate surface area is 490 Å². The van der Waals surface area contributed by atoms with E-state index in [-0.39, 0.29) is 68.4 Å². The zero-order valence-corrected chi connectivity index (χ0v) is 50.2. The Morgan fingerprint density at radius 2 is 1.78 bits per heavy atom. The van der Waals surface area contributed by atoms with Crippen LogP contribution in [-0.2, 0) is 70.2 Å². The Kier molecular flexibility index (Phi) is 20.9. The number of hydrogen-bond acceptors (Lipinski definition) is 19. The number of aliphatic hydroxyl groups is 1. The van der Waals surface area contributed by atoms with Crippen molar-refractivity contribution in [1.82, 2.24) is 20.7 Å². The molecule has 2 aromatic carbocycles. The number of fused-ring (bicyclic) bond motifs is 6. The molecule has 7 rings (SSSR count). The van der Waals surface area contributed by atoms with E-state index in [1.165, 1.54) is 59.6 Å². The van der Waals surface area contributed by atoms with Crippen LogP contribution in [0.5, 0.6) is 11.5 Å². The molecule has 4 heterocycles. The number of nitrogens with zero attached hydrogens (tertiary/aromatic N) is 4. The minimum atomic E-state index is -1.88. The first-order chi connectivity index (χ1) is 38.8. The van der Waals surface area contributed by atoms with Crippen LogP contribution < -0.4 is 25.1 Å². The number of anilines is 1. The Morgan fingerprint density at radius 1 is 1.05 bits per heavy atom. The zero-order chi connectivity index (χ0) is 59.8. The third-order valence-corrected chi connectivity index (χ3v) is 18.8. The minimum absolute atomic E-state index is 0.0241. The number of carbonyl (C=O) groups excluding carboxylic acids is 8. The van der Waals surface area contributed by atoms with Crippen LogP contribution in [-0.4, -0.2) is 156 Å². The van der Waals surface area contributed by atoms with Crippen LogP contribution >= 0.6 is 33.2 Å². The van der Waals surface area contributed by atoms with Crippen LogP contribution in [0.25, 0.3) is 0 Å². The van der Waals surface area contributed by atoms with Crippen molar-refractivity contribution in [2.24, 2.45) is 11.0 Å². The van der Waals surface area contributed by atoms with Crippen LogP contribution in [0.1, 0.15) is 116 Å². The molecule has 82 heavy (non-hydrogen) atoms. The van der Waals surface area contributed by atoms with Crippen molar-refractivity contribution < 1.29 is 76.7 Å². The lowest BCUT2D eigenvalue weighted by Crippen LogP contribution is -2.63. The molecule has 4 aliphatic heterocycles. The second-order valence-electron chi connectivity index (χ2n) is 21.9. The van der Waals surface area contributed by atoms with E-state index in [9.17, 15) is 43.5 Å². The monoisotopic (exact) mass is 1200 g/mol. The fourth-order valence-corrected chi connectivity index (χ4v) is 13.0. The van der Waals surface area contributed by atoms with Crippen molar-refractivity contribution >= 4 is 92.2 Å².